The third-order valence-electron chi connectivity index (χ3n) is 4.77. The quantitative estimate of drug-likeness (QED) is 0.311. The lowest BCUT2D eigenvalue weighted by Gasteiger charge is -2.26. The minimum atomic E-state index is -0.762. The van der Waals surface area contributed by atoms with Gasteiger partial charge in [-0.05, 0) is 52.2 Å². The lowest BCUT2D eigenvalue weighted by molar-refractivity contribution is -0.158. The van der Waals surface area contributed by atoms with Crippen LogP contribution >= 0.6 is 0 Å². The first-order chi connectivity index (χ1) is 14.2. The molecule has 1 heterocycles. The molecule has 166 valence electrons. The van der Waals surface area contributed by atoms with Gasteiger partial charge in [0.25, 0.3) is 5.91 Å². The van der Waals surface area contributed by atoms with Crippen LogP contribution in [0.1, 0.15) is 59.7 Å². The largest absolute Gasteiger partial charge is 0.459 e. The van der Waals surface area contributed by atoms with Gasteiger partial charge in [-0.25, -0.2) is 10.5 Å². The number of aryl methyl sites for hydroxylation is 2. The highest BCUT2D eigenvalue weighted by molar-refractivity contribution is 5.82. The molecule has 2 atom stereocenters. The summed E-state index contributed by atoms with van der Waals surface area (Å²) in [6.07, 6.45) is 2.31. The average molecular weight is 419 g/mol. The van der Waals surface area contributed by atoms with Gasteiger partial charge < -0.3 is 9.30 Å². The number of para-hydroxylation sites is 2. The molecule has 1 amide bonds. The van der Waals surface area contributed by atoms with E-state index in [1.807, 2.05) is 31.2 Å². The maximum Gasteiger partial charge on any atom is 0.323 e. The Bertz CT molecular complexity index is 856. The second kappa shape index (κ2) is 10.5. The summed E-state index contributed by atoms with van der Waals surface area (Å²) in [5, 5.41) is 12.2. The summed E-state index contributed by atoms with van der Waals surface area (Å²) >= 11 is 0. The van der Waals surface area contributed by atoms with Gasteiger partial charge in [-0.3, -0.25) is 20.1 Å². The number of carbonyl (C=O) groups excluding carboxylic acids is 2. The smallest absolute Gasteiger partial charge is 0.323 e. The van der Waals surface area contributed by atoms with Gasteiger partial charge in [0.2, 0.25) is 0 Å². The second-order valence-electron chi connectivity index (χ2n) is 8.40. The monoisotopic (exact) mass is 418 g/mol. The Kier molecular flexibility index (Phi) is 8.37. The summed E-state index contributed by atoms with van der Waals surface area (Å²) in [6.45, 7) is 10.2. The number of nitrogens with zero attached hydrogens (tertiary/aromatic N) is 2. The fourth-order valence-electron chi connectivity index (χ4n) is 3.40. The molecule has 2 aromatic rings. The van der Waals surface area contributed by atoms with Gasteiger partial charge in [-0.1, -0.05) is 26.0 Å². The Morgan fingerprint density at radius 1 is 1.20 bits per heavy atom. The van der Waals surface area contributed by atoms with Crippen LogP contribution < -0.4 is 10.8 Å². The standard InChI is InChI=1S/C22H34N4O4/c1-6-14-26-18-11-9-8-10-16(18)24-19(26)13-12-17(20(27)25-29)23-15(7-2)21(28)30-22(3,4)5/h8-11,15,17,23,29H,6-7,12-14H2,1-5H3,(H,25,27)/t15?,17-/m0/s1. The fourth-order valence-corrected chi connectivity index (χ4v) is 3.40. The Balaban J connectivity index is 2.17. The molecule has 0 spiro atoms. The molecule has 1 aromatic heterocycles. The zero-order chi connectivity index (χ0) is 22.3. The highest BCUT2D eigenvalue weighted by Gasteiger charge is 2.29. The molecule has 0 fully saturated rings. The number of nitrogens with one attached hydrogen (secondary N) is 2. The van der Waals surface area contributed by atoms with Crippen molar-refractivity contribution in [2.45, 2.75) is 84.5 Å². The lowest BCUT2D eigenvalue weighted by Crippen LogP contribution is -2.51. The Morgan fingerprint density at radius 2 is 1.90 bits per heavy atom. The van der Waals surface area contributed by atoms with Crippen LogP contribution in [0.2, 0.25) is 0 Å². The number of hydrogen-bond donors (Lipinski definition) is 3. The molecule has 0 aliphatic heterocycles. The van der Waals surface area contributed by atoms with Gasteiger partial charge in [0.05, 0.1) is 17.1 Å². The number of carbonyl (C=O) groups is 2. The molecular formula is C22H34N4O4. The minimum absolute atomic E-state index is 0.374. The summed E-state index contributed by atoms with van der Waals surface area (Å²) in [6, 6.07) is 6.52. The van der Waals surface area contributed by atoms with Crippen LogP contribution in [0.25, 0.3) is 11.0 Å². The molecule has 0 bridgehead atoms. The third-order valence-corrected chi connectivity index (χ3v) is 4.77. The van der Waals surface area contributed by atoms with E-state index in [-0.39, 0.29) is 0 Å². The second-order valence-corrected chi connectivity index (χ2v) is 8.40. The van der Waals surface area contributed by atoms with E-state index in [2.05, 4.69) is 16.8 Å². The maximum atomic E-state index is 12.5. The first-order valence-corrected chi connectivity index (χ1v) is 10.6. The Labute approximate surface area is 178 Å². The fraction of sp³-hybridized carbons (Fsp3) is 0.591. The predicted molar refractivity (Wildman–Crippen MR) is 115 cm³/mol. The number of rotatable bonds is 10. The van der Waals surface area contributed by atoms with E-state index < -0.39 is 29.6 Å². The van der Waals surface area contributed by atoms with Gasteiger partial charge >= 0.3 is 5.97 Å². The van der Waals surface area contributed by atoms with Crippen LogP contribution in [0.15, 0.2) is 24.3 Å². The van der Waals surface area contributed by atoms with Crippen LogP contribution in [0, 0.1) is 0 Å². The van der Waals surface area contributed by atoms with Crippen LogP contribution in [-0.4, -0.2) is 44.3 Å². The van der Waals surface area contributed by atoms with Gasteiger partial charge in [0.1, 0.15) is 17.5 Å². The molecule has 0 aliphatic carbocycles. The number of fused-ring (bicyclic) bond motifs is 1. The van der Waals surface area contributed by atoms with Crippen molar-refractivity contribution in [3.63, 3.8) is 0 Å². The average Bonchev–Trinajstić information content (AvgIpc) is 3.04. The molecule has 0 saturated carbocycles. The molecule has 30 heavy (non-hydrogen) atoms. The van der Waals surface area contributed by atoms with Crippen molar-refractivity contribution in [1.82, 2.24) is 20.3 Å². The van der Waals surface area contributed by atoms with E-state index in [1.165, 1.54) is 0 Å². The molecule has 2 rings (SSSR count). The van der Waals surface area contributed by atoms with Crippen LogP contribution in [0.5, 0.6) is 0 Å². The number of imidazole rings is 1. The molecule has 0 saturated heterocycles. The molecular weight excluding hydrogens is 384 g/mol. The van der Waals surface area contributed by atoms with Gasteiger partial charge in [0.15, 0.2) is 0 Å². The van der Waals surface area contributed by atoms with E-state index >= 15 is 0 Å². The highest BCUT2D eigenvalue weighted by Crippen LogP contribution is 2.18. The van der Waals surface area contributed by atoms with Gasteiger partial charge in [-0.2, -0.15) is 0 Å². The zero-order valence-corrected chi connectivity index (χ0v) is 18.6. The number of hydroxylamine groups is 1. The molecule has 8 heteroatoms. The van der Waals surface area contributed by atoms with E-state index in [4.69, 9.17) is 9.72 Å². The first kappa shape index (κ1) is 23.8. The molecule has 0 radical (unpaired) electrons. The number of ether oxygens (including phenoxy) is 1. The number of esters is 1. The topological polar surface area (TPSA) is 105 Å². The first-order valence-electron chi connectivity index (χ1n) is 10.6. The third kappa shape index (κ3) is 6.27. The van der Waals surface area contributed by atoms with Gasteiger partial charge in [0, 0.05) is 13.0 Å². The predicted octanol–water partition coefficient (Wildman–Crippen LogP) is 2.96. The van der Waals surface area contributed by atoms with Crippen LogP contribution in [0.4, 0.5) is 0 Å². The van der Waals surface area contributed by atoms with Crippen molar-refractivity contribution in [3.8, 4) is 0 Å². The summed E-state index contributed by atoms with van der Waals surface area (Å²) < 4.78 is 7.61. The van der Waals surface area contributed by atoms with E-state index in [1.54, 1.807) is 26.3 Å². The SMILES string of the molecule is CCCn1c(CC[C@H](NC(CC)C(=O)OC(C)(C)C)C(=O)NO)nc2ccccc21. The van der Waals surface area contributed by atoms with Crippen molar-refractivity contribution in [3.05, 3.63) is 30.1 Å². The maximum absolute atomic E-state index is 12.5. The van der Waals surface area contributed by atoms with Crippen molar-refractivity contribution in [2.24, 2.45) is 0 Å². The number of aromatic nitrogens is 2. The highest BCUT2D eigenvalue weighted by atomic mass is 16.6. The van der Waals surface area contributed by atoms with Crippen molar-refractivity contribution >= 4 is 22.9 Å². The Morgan fingerprint density at radius 3 is 2.50 bits per heavy atom. The van der Waals surface area contributed by atoms with E-state index in [0.717, 1.165) is 29.8 Å². The van der Waals surface area contributed by atoms with Crippen molar-refractivity contribution in [2.75, 3.05) is 0 Å². The molecule has 3 N–H and O–H groups in total. The zero-order valence-electron chi connectivity index (χ0n) is 18.6. The van der Waals surface area contributed by atoms with Crippen LogP contribution in [0.3, 0.4) is 0 Å². The summed E-state index contributed by atoms with van der Waals surface area (Å²) in [4.78, 5) is 29.5. The van der Waals surface area contributed by atoms with Crippen molar-refractivity contribution in [1.29, 1.82) is 0 Å². The molecule has 0 aliphatic rings. The lowest BCUT2D eigenvalue weighted by atomic mass is 10.1. The summed E-state index contributed by atoms with van der Waals surface area (Å²) in [5.74, 6) is -0.130. The summed E-state index contributed by atoms with van der Waals surface area (Å²) in [7, 11) is 0. The number of benzene rings is 1. The van der Waals surface area contributed by atoms with Crippen molar-refractivity contribution < 1.29 is 19.5 Å². The molecule has 8 nitrogen and oxygen atoms in total. The van der Waals surface area contributed by atoms with E-state index in [0.29, 0.717) is 19.3 Å². The van der Waals surface area contributed by atoms with E-state index in [9.17, 15) is 14.8 Å². The Hall–Kier alpha value is -2.45. The summed E-state index contributed by atoms with van der Waals surface area (Å²) in [5.41, 5.74) is 3.06. The molecule has 1 aromatic carbocycles. The molecule has 1 unspecified atom stereocenters. The number of hydrogen-bond acceptors (Lipinski definition) is 6. The van der Waals surface area contributed by atoms with Crippen LogP contribution in [-0.2, 0) is 27.3 Å². The van der Waals surface area contributed by atoms with Gasteiger partial charge in [-0.15, -0.1) is 0 Å². The number of amides is 1. The normalized spacial score (nSPS) is 13.8. The minimum Gasteiger partial charge on any atom is -0.459 e.